The number of hydrogen-bond acceptors (Lipinski definition) is 13. The molecule has 2 atom stereocenters. The third-order valence-corrected chi connectivity index (χ3v) is 10.5. The quantitative estimate of drug-likeness (QED) is 0.0663. The number of ether oxygens (including phenoxy) is 4. The van der Waals surface area contributed by atoms with Crippen molar-refractivity contribution in [3.05, 3.63) is 86.7 Å². The Morgan fingerprint density at radius 3 is 2.40 bits per heavy atom. The van der Waals surface area contributed by atoms with Gasteiger partial charge >= 0.3 is 12.1 Å². The average molecular weight is 827 g/mol. The number of fused-ring (bicyclic) bond motifs is 5. The number of nitrogens with two attached hydrogens (primary N) is 1. The number of phenols is 1. The van der Waals surface area contributed by atoms with Gasteiger partial charge in [0.1, 0.15) is 38.2 Å². The van der Waals surface area contributed by atoms with Gasteiger partial charge in [-0.2, -0.15) is 0 Å². The molecule has 0 fully saturated rings. The standard InChI is InChI=1S/C43H50N6O11/c1-5-28-29-17-27(50)14-15-33(29)48-38-30(28)19-49-35(38)18-32-31(40(49)54)21-58-41(55)43(32,6-2)60-42(56)59-20-25-10-12-26(13-11-25)46-39(53)34(9-7-8-16-44)47-37(52)23-57-22-36(51)45-24(3)4/h10-15,17-18,24,34,50H,5-9,16,19-23,44H2,1-4H3,(H,45,51)(H,46,53)(H,47,52). The summed E-state index contributed by atoms with van der Waals surface area (Å²) >= 11 is 0. The number of esters is 1. The van der Waals surface area contributed by atoms with E-state index in [9.17, 15) is 33.9 Å². The minimum atomic E-state index is -1.98. The van der Waals surface area contributed by atoms with Gasteiger partial charge in [0.25, 0.3) is 5.56 Å². The van der Waals surface area contributed by atoms with Crippen molar-refractivity contribution in [1.29, 1.82) is 0 Å². The number of phenolic OH excluding ortho intramolecular Hbond substituents is 1. The van der Waals surface area contributed by atoms with Crippen LogP contribution in [0.1, 0.15) is 81.2 Å². The van der Waals surface area contributed by atoms with Crippen molar-refractivity contribution in [3.8, 4) is 17.1 Å². The number of nitrogens with one attached hydrogen (secondary N) is 3. The molecule has 2 unspecified atom stereocenters. The first-order valence-corrected chi connectivity index (χ1v) is 20.0. The van der Waals surface area contributed by atoms with Gasteiger partial charge in [-0.1, -0.05) is 26.0 Å². The van der Waals surface area contributed by atoms with Crippen molar-refractivity contribution in [2.24, 2.45) is 5.73 Å². The normalized spacial score (nSPS) is 15.7. The molecule has 2 aromatic carbocycles. The van der Waals surface area contributed by atoms with Crippen LogP contribution in [0.5, 0.6) is 5.75 Å². The maximum absolute atomic E-state index is 14.0. The van der Waals surface area contributed by atoms with Crippen LogP contribution >= 0.6 is 0 Å². The molecule has 0 bridgehead atoms. The maximum Gasteiger partial charge on any atom is 0.510 e. The number of carbonyl (C=O) groups excluding carboxylic acids is 5. The Morgan fingerprint density at radius 1 is 0.983 bits per heavy atom. The number of hydrogen-bond donors (Lipinski definition) is 5. The first-order valence-electron chi connectivity index (χ1n) is 20.0. The first kappa shape index (κ1) is 43.3. The summed E-state index contributed by atoms with van der Waals surface area (Å²) in [5.41, 5.74) is 8.01. The van der Waals surface area contributed by atoms with Gasteiger partial charge in [0, 0.05) is 28.2 Å². The summed E-state index contributed by atoms with van der Waals surface area (Å²) < 4.78 is 23.5. The SMILES string of the molecule is CCc1c2c(nc3ccc(O)cc13)-c1cc3c(c(=O)n1C2)COC(=O)C3(CC)OC(=O)OCc1ccc(NC(=O)C(CCCCN)NC(=O)COCC(=O)NC(C)C)cc1. The smallest absolute Gasteiger partial charge is 0.508 e. The summed E-state index contributed by atoms with van der Waals surface area (Å²) in [5.74, 6) is -2.13. The van der Waals surface area contributed by atoms with Gasteiger partial charge in [-0.25, -0.2) is 14.6 Å². The molecule has 17 nitrogen and oxygen atoms in total. The fourth-order valence-corrected chi connectivity index (χ4v) is 7.54. The summed E-state index contributed by atoms with van der Waals surface area (Å²) in [7, 11) is 0. The van der Waals surface area contributed by atoms with E-state index < -0.39 is 47.7 Å². The minimum Gasteiger partial charge on any atom is -0.508 e. The molecule has 3 amide bonds. The molecule has 318 valence electrons. The molecule has 2 aliphatic heterocycles. The monoisotopic (exact) mass is 826 g/mol. The first-order chi connectivity index (χ1) is 28.8. The third-order valence-electron chi connectivity index (χ3n) is 10.5. The molecule has 4 aromatic rings. The van der Waals surface area contributed by atoms with Crippen LogP contribution in [-0.2, 0) is 69.9 Å². The second-order valence-corrected chi connectivity index (χ2v) is 15.0. The lowest BCUT2D eigenvalue weighted by Crippen LogP contribution is -2.47. The van der Waals surface area contributed by atoms with E-state index >= 15 is 0 Å². The van der Waals surface area contributed by atoms with Crippen molar-refractivity contribution >= 4 is 46.4 Å². The number of benzene rings is 2. The van der Waals surface area contributed by atoms with E-state index in [1.807, 2.05) is 6.92 Å². The predicted octanol–water partition coefficient (Wildman–Crippen LogP) is 3.80. The van der Waals surface area contributed by atoms with Crippen molar-refractivity contribution in [3.63, 3.8) is 0 Å². The highest BCUT2D eigenvalue weighted by Gasteiger charge is 2.51. The van der Waals surface area contributed by atoms with Crippen LogP contribution in [0.3, 0.4) is 0 Å². The zero-order chi connectivity index (χ0) is 43.1. The summed E-state index contributed by atoms with van der Waals surface area (Å²) in [4.78, 5) is 83.3. The van der Waals surface area contributed by atoms with Gasteiger partial charge in [-0.05, 0) is 100 Å². The van der Waals surface area contributed by atoms with E-state index in [1.54, 1.807) is 73.9 Å². The van der Waals surface area contributed by atoms with Gasteiger partial charge in [0.2, 0.25) is 23.3 Å². The number of anilines is 1. The van der Waals surface area contributed by atoms with Gasteiger partial charge in [-0.3, -0.25) is 19.2 Å². The zero-order valence-electron chi connectivity index (χ0n) is 34.1. The largest absolute Gasteiger partial charge is 0.510 e. The highest BCUT2D eigenvalue weighted by Crippen LogP contribution is 2.42. The highest BCUT2D eigenvalue weighted by molar-refractivity contribution is 5.97. The van der Waals surface area contributed by atoms with Crippen LogP contribution in [-0.4, -0.2) is 76.3 Å². The highest BCUT2D eigenvalue weighted by atomic mass is 16.7. The van der Waals surface area contributed by atoms with Gasteiger partial charge in [0.15, 0.2) is 0 Å². The molecular weight excluding hydrogens is 777 g/mol. The minimum absolute atomic E-state index is 0.0567. The second-order valence-electron chi connectivity index (χ2n) is 15.0. The fraction of sp³-hybridized carbons (Fsp3) is 0.419. The molecule has 6 rings (SSSR count). The van der Waals surface area contributed by atoms with E-state index in [0.717, 1.165) is 16.5 Å². The van der Waals surface area contributed by atoms with Crippen LogP contribution in [0.15, 0.2) is 53.3 Å². The van der Waals surface area contributed by atoms with Crippen LogP contribution in [0.4, 0.5) is 10.5 Å². The van der Waals surface area contributed by atoms with E-state index in [-0.39, 0.29) is 61.6 Å². The Kier molecular flexibility index (Phi) is 13.5. The molecule has 0 saturated carbocycles. The van der Waals surface area contributed by atoms with Gasteiger partial charge < -0.3 is 50.3 Å². The average Bonchev–Trinajstić information content (AvgIpc) is 3.58. The molecule has 0 aliphatic carbocycles. The lowest BCUT2D eigenvalue weighted by molar-refractivity contribution is -0.175. The van der Waals surface area contributed by atoms with Crippen molar-refractivity contribution < 1.29 is 48.0 Å². The lowest BCUT2D eigenvalue weighted by atomic mass is 9.85. The second kappa shape index (κ2) is 18.7. The Morgan fingerprint density at radius 2 is 1.72 bits per heavy atom. The van der Waals surface area contributed by atoms with Crippen LogP contribution in [0.2, 0.25) is 0 Å². The third kappa shape index (κ3) is 9.26. The Bertz CT molecular complexity index is 2360. The van der Waals surface area contributed by atoms with Crippen molar-refractivity contribution in [2.75, 3.05) is 25.1 Å². The van der Waals surface area contributed by atoms with E-state index in [2.05, 4.69) is 16.0 Å². The Labute approximate surface area is 345 Å². The fourth-order valence-electron chi connectivity index (χ4n) is 7.54. The summed E-state index contributed by atoms with van der Waals surface area (Å²) in [6.07, 6.45) is 0.938. The molecular formula is C43H50N6O11. The summed E-state index contributed by atoms with van der Waals surface area (Å²) in [6, 6.07) is 12.0. The summed E-state index contributed by atoms with van der Waals surface area (Å²) in [5, 5.41) is 19.1. The van der Waals surface area contributed by atoms with E-state index in [0.29, 0.717) is 60.4 Å². The number of amides is 3. The van der Waals surface area contributed by atoms with Crippen molar-refractivity contribution in [2.45, 2.75) is 97.2 Å². The van der Waals surface area contributed by atoms with Crippen LogP contribution in [0.25, 0.3) is 22.3 Å². The predicted molar refractivity (Wildman–Crippen MR) is 219 cm³/mol. The topological polar surface area (TPSA) is 240 Å². The molecule has 60 heavy (non-hydrogen) atoms. The molecule has 0 radical (unpaired) electrons. The number of cyclic esters (lactones) is 1. The molecule has 17 heteroatoms. The number of aromatic hydroxyl groups is 1. The molecule has 4 heterocycles. The molecule has 0 saturated heterocycles. The lowest BCUT2D eigenvalue weighted by Gasteiger charge is -2.35. The molecule has 0 spiro atoms. The number of unbranched alkanes of at least 4 members (excludes halogenated alkanes) is 1. The number of aryl methyl sites for hydroxylation is 1. The van der Waals surface area contributed by atoms with Gasteiger partial charge in [-0.15, -0.1) is 0 Å². The molecule has 2 aromatic heterocycles. The molecule has 6 N–H and O–H groups in total. The Balaban J connectivity index is 1.12. The van der Waals surface area contributed by atoms with Crippen LogP contribution in [0, 0.1) is 0 Å². The van der Waals surface area contributed by atoms with Crippen molar-refractivity contribution in [1.82, 2.24) is 20.2 Å². The maximum atomic E-state index is 14.0. The summed E-state index contributed by atoms with van der Waals surface area (Å²) in [6.45, 7) is 6.62. The number of carbonyl (C=O) groups is 5. The zero-order valence-corrected chi connectivity index (χ0v) is 34.1. The van der Waals surface area contributed by atoms with E-state index in [4.69, 9.17) is 29.7 Å². The van der Waals surface area contributed by atoms with E-state index in [1.165, 1.54) is 0 Å². The Hall–Kier alpha value is -6.33. The van der Waals surface area contributed by atoms with Crippen LogP contribution < -0.4 is 27.2 Å². The number of pyridine rings is 2. The number of aromatic nitrogens is 2. The van der Waals surface area contributed by atoms with Gasteiger partial charge in [0.05, 0.1) is 29.0 Å². The number of nitrogens with zero attached hydrogens (tertiary/aromatic N) is 2. The molecule has 2 aliphatic rings. The number of rotatable bonds is 17.